The van der Waals surface area contributed by atoms with Gasteiger partial charge in [-0.25, -0.2) is 5.84 Å². The van der Waals surface area contributed by atoms with Gasteiger partial charge in [0.1, 0.15) is 12.3 Å². The van der Waals surface area contributed by atoms with Crippen LogP contribution in [0.25, 0.3) is 0 Å². The molecule has 0 aliphatic rings. The SMILES string of the molecule is CC.CNC(=O)[C@H](C(C)C)N(N)C(=O)/C=C\C=O. The highest BCUT2D eigenvalue weighted by Gasteiger charge is 2.28. The lowest BCUT2D eigenvalue weighted by atomic mass is 10.0. The Kier molecular flexibility index (Phi) is 10.9. The number of hydrogen-bond acceptors (Lipinski definition) is 4. The number of likely N-dealkylation sites (N-methyl/N-ethyl adjacent to an activating group) is 1. The molecule has 0 saturated carbocycles. The molecular formula is C12H23N3O3. The van der Waals surface area contributed by atoms with Gasteiger partial charge in [-0.05, 0) is 12.0 Å². The number of amides is 2. The number of nitrogens with one attached hydrogen (secondary N) is 1. The highest BCUT2D eigenvalue weighted by molar-refractivity contribution is 5.94. The van der Waals surface area contributed by atoms with Crippen LogP contribution >= 0.6 is 0 Å². The van der Waals surface area contributed by atoms with Crippen molar-refractivity contribution in [3.8, 4) is 0 Å². The Morgan fingerprint density at radius 1 is 1.28 bits per heavy atom. The van der Waals surface area contributed by atoms with Crippen LogP contribution in [0.5, 0.6) is 0 Å². The van der Waals surface area contributed by atoms with Crippen LogP contribution in [-0.4, -0.2) is 36.2 Å². The lowest BCUT2D eigenvalue weighted by Gasteiger charge is -2.27. The standard InChI is InChI=1S/C10H17N3O3.C2H6/c1-7(2)9(10(16)12-3)13(11)8(15)5-4-6-14;1-2/h4-7,9H,11H2,1-3H3,(H,12,16);1-2H3/b5-4-;/t9-;/m0./s1. The first-order valence-corrected chi connectivity index (χ1v) is 5.87. The predicted molar refractivity (Wildman–Crippen MR) is 70.3 cm³/mol. The molecule has 18 heavy (non-hydrogen) atoms. The quantitative estimate of drug-likeness (QED) is 0.243. The molecule has 0 unspecified atom stereocenters. The zero-order chi connectivity index (χ0) is 14.7. The fourth-order valence-electron chi connectivity index (χ4n) is 1.24. The summed E-state index contributed by atoms with van der Waals surface area (Å²) in [6, 6.07) is -0.756. The minimum atomic E-state index is -0.756. The minimum Gasteiger partial charge on any atom is -0.357 e. The maximum Gasteiger partial charge on any atom is 0.261 e. The fourth-order valence-corrected chi connectivity index (χ4v) is 1.24. The summed E-state index contributed by atoms with van der Waals surface area (Å²) in [4.78, 5) is 33.0. The maximum absolute atomic E-state index is 11.5. The van der Waals surface area contributed by atoms with E-state index in [9.17, 15) is 14.4 Å². The van der Waals surface area contributed by atoms with Gasteiger partial charge in [-0.1, -0.05) is 27.7 Å². The summed E-state index contributed by atoms with van der Waals surface area (Å²) in [7, 11) is 1.47. The third-order valence-electron chi connectivity index (χ3n) is 2.02. The van der Waals surface area contributed by atoms with E-state index >= 15 is 0 Å². The Balaban J connectivity index is 0. The summed E-state index contributed by atoms with van der Waals surface area (Å²) in [5.74, 6) is 4.48. The Hall–Kier alpha value is -1.69. The summed E-state index contributed by atoms with van der Waals surface area (Å²) in [6.45, 7) is 7.55. The van der Waals surface area contributed by atoms with E-state index in [0.717, 1.165) is 17.2 Å². The normalized spacial score (nSPS) is 11.5. The van der Waals surface area contributed by atoms with Crippen LogP contribution in [0.4, 0.5) is 0 Å². The van der Waals surface area contributed by atoms with Gasteiger partial charge in [0.25, 0.3) is 5.91 Å². The second kappa shape index (κ2) is 10.5. The van der Waals surface area contributed by atoms with Crippen molar-refractivity contribution in [2.45, 2.75) is 33.7 Å². The van der Waals surface area contributed by atoms with Gasteiger partial charge >= 0.3 is 0 Å². The van der Waals surface area contributed by atoms with Gasteiger partial charge in [-0.15, -0.1) is 0 Å². The number of rotatable bonds is 5. The molecule has 6 nitrogen and oxygen atoms in total. The van der Waals surface area contributed by atoms with Gasteiger partial charge < -0.3 is 5.32 Å². The molecule has 3 N–H and O–H groups in total. The molecule has 104 valence electrons. The van der Waals surface area contributed by atoms with E-state index in [-0.39, 0.29) is 11.8 Å². The molecule has 0 aromatic rings. The van der Waals surface area contributed by atoms with E-state index in [1.54, 1.807) is 13.8 Å². The minimum absolute atomic E-state index is 0.126. The van der Waals surface area contributed by atoms with Gasteiger partial charge in [0.15, 0.2) is 0 Å². The summed E-state index contributed by atoms with van der Waals surface area (Å²) in [5.41, 5.74) is 0. The van der Waals surface area contributed by atoms with Gasteiger partial charge in [0.05, 0.1) is 0 Å². The molecule has 0 heterocycles. The van der Waals surface area contributed by atoms with Crippen molar-refractivity contribution in [1.82, 2.24) is 10.3 Å². The number of nitrogens with two attached hydrogens (primary N) is 1. The Morgan fingerprint density at radius 2 is 1.78 bits per heavy atom. The number of hydrazine groups is 1. The van der Waals surface area contributed by atoms with Crippen LogP contribution in [-0.2, 0) is 14.4 Å². The van der Waals surface area contributed by atoms with E-state index in [1.165, 1.54) is 7.05 Å². The van der Waals surface area contributed by atoms with Crippen LogP contribution in [0, 0.1) is 5.92 Å². The van der Waals surface area contributed by atoms with E-state index < -0.39 is 11.9 Å². The van der Waals surface area contributed by atoms with Crippen LogP contribution in [0.15, 0.2) is 12.2 Å². The van der Waals surface area contributed by atoms with Crippen molar-refractivity contribution >= 4 is 18.1 Å². The summed E-state index contributed by atoms with van der Waals surface area (Å²) >= 11 is 0. The van der Waals surface area contributed by atoms with Crippen LogP contribution in [0.2, 0.25) is 0 Å². The predicted octanol–water partition coefficient (Wildman–Crippen LogP) is 0.241. The number of aldehydes is 1. The molecule has 0 spiro atoms. The first-order chi connectivity index (χ1) is 8.45. The average Bonchev–Trinajstić information content (AvgIpc) is 2.37. The topological polar surface area (TPSA) is 92.5 Å². The summed E-state index contributed by atoms with van der Waals surface area (Å²) in [5, 5.41) is 3.25. The number of nitrogens with zero attached hydrogens (tertiary/aromatic N) is 1. The smallest absolute Gasteiger partial charge is 0.261 e. The van der Waals surface area contributed by atoms with E-state index in [0.29, 0.717) is 6.29 Å². The number of allylic oxidation sites excluding steroid dienone is 1. The molecule has 2 amide bonds. The Morgan fingerprint density at radius 3 is 2.11 bits per heavy atom. The number of carbonyl (C=O) groups excluding carboxylic acids is 3. The van der Waals surface area contributed by atoms with Gasteiger partial charge in [-0.2, -0.15) is 0 Å². The second-order valence-electron chi connectivity index (χ2n) is 3.54. The molecule has 0 aromatic heterocycles. The van der Waals surface area contributed by atoms with Crippen LogP contribution in [0.3, 0.4) is 0 Å². The monoisotopic (exact) mass is 257 g/mol. The molecular weight excluding hydrogens is 234 g/mol. The Bertz CT molecular complexity index is 301. The third-order valence-corrected chi connectivity index (χ3v) is 2.02. The average molecular weight is 257 g/mol. The zero-order valence-corrected chi connectivity index (χ0v) is 11.6. The first kappa shape index (κ1) is 18.7. The molecule has 0 bridgehead atoms. The van der Waals surface area contributed by atoms with Crippen molar-refractivity contribution in [1.29, 1.82) is 0 Å². The van der Waals surface area contributed by atoms with Crippen molar-refractivity contribution in [3.63, 3.8) is 0 Å². The van der Waals surface area contributed by atoms with E-state index in [2.05, 4.69) is 5.32 Å². The molecule has 0 aliphatic carbocycles. The number of carbonyl (C=O) groups is 3. The molecule has 0 saturated heterocycles. The molecule has 0 aromatic carbocycles. The van der Waals surface area contributed by atoms with Gasteiger partial charge in [0, 0.05) is 13.1 Å². The van der Waals surface area contributed by atoms with Crippen LogP contribution < -0.4 is 11.2 Å². The highest BCUT2D eigenvalue weighted by Crippen LogP contribution is 2.08. The fraction of sp³-hybridized carbons (Fsp3) is 0.583. The van der Waals surface area contributed by atoms with Crippen molar-refractivity contribution < 1.29 is 14.4 Å². The van der Waals surface area contributed by atoms with Crippen LogP contribution in [0.1, 0.15) is 27.7 Å². The second-order valence-corrected chi connectivity index (χ2v) is 3.54. The van der Waals surface area contributed by atoms with Gasteiger partial charge in [-0.3, -0.25) is 19.4 Å². The molecule has 6 heteroatoms. The molecule has 0 rings (SSSR count). The molecule has 0 aliphatic heterocycles. The Labute approximate surface area is 108 Å². The van der Waals surface area contributed by atoms with Crippen molar-refractivity contribution in [3.05, 3.63) is 12.2 Å². The number of hydrogen-bond donors (Lipinski definition) is 2. The third kappa shape index (κ3) is 6.15. The molecule has 0 fully saturated rings. The van der Waals surface area contributed by atoms with Crippen molar-refractivity contribution in [2.75, 3.05) is 7.05 Å². The lowest BCUT2D eigenvalue weighted by Crippen LogP contribution is -2.54. The van der Waals surface area contributed by atoms with E-state index in [4.69, 9.17) is 5.84 Å². The maximum atomic E-state index is 11.5. The van der Waals surface area contributed by atoms with Crippen molar-refractivity contribution in [2.24, 2.45) is 11.8 Å². The zero-order valence-electron chi connectivity index (χ0n) is 11.6. The summed E-state index contributed by atoms with van der Waals surface area (Å²) < 4.78 is 0. The highest BCUT2D eigenvalue weighted by atomic mass is 16.2. The molecule has 1 atom stereocenters. The molecule has 0 radical (unpaired) electrons. The summed E-state index contributed by atoms with van der Waals surface area (Å²) in [6.07, 6.45) is 2.52. The first-order valence-electron chi connectivity index (χ1n) is 5.87. The van der Waals surface area contributed by atoms with E-state index in [1.807, 2.05) is 13.8 Å². The largest absolute Gasteiger partial charge is 0.357 e. The van der Waals surface area contributed by atoms with Gasteiger partial charge in [0.2, 0.25) is 5.91 Å². The lowest BCUT2D eigenvalue weighted by molar-refractivity contribution is -0.138.